The quantitative estimate of drug-likeness (QED) is 0.807. The van der Waals surface area contributed by atoms with Gasteiger partial charge in [-0.1, -0.05) is 0 Å². The molecule has 1 heterocycles. The van der Waals surface area contributed by atoms with Crippen LogP contribution in [0.3, 0.4) is 0 Å². The molecule has 1 atom stereocenters. The smallest absolute Gasteiger partial charge is 0.235 e. The van der Waals surface area contributed by atoms with Gasteiger partial charge in [0.05, 0.1) is 18.5 Å². The third-order valence-electron chi connectivity index (χ3n) is 3.30. The van der Waals surface area contributed by atoms with Crippen molar-refractivity contribution in [2.45, 2.75) is 12.5 Å². The van der Waals surface area contributed by atoms with E-state index >= 15 is 0 Å². The van der Waals surface area contributed by atoms with Crippen LogP contribution in [0.15, 0.2) is 18.2 Å². The topological polar surface area (TPSA) is 78.5 Å². The molecule has 1 saturated heterocycles. The summed E-state index contributed by atoms with van der Waals surface area (Å²) in [5.41, 5.74) is 0.285. The van der Waals surface area contributed by atoms with Gasteiger partial charge in [-0.3, -0.25) is 4.79 Å². The molecule has 0 aromatic heterocycles. The van der Waals surface area contributed by atoms with Crippen LogP contribution in [0, 0.1) is 11.6 Å². The number of halogens is 2. The standard InChI is InChI=1S/C13H17F2N3O3S/c1-22(20,21)16-7-13(19)17-10-4-5-18(8-10)12-3-2-9(14)6-11(12)15/h2-3,6,10,16H,4-5,7-8H2,1H3,(H,17,19)/t10-/m1/s1. The second-order valence-corrected chi connectivity index (χ2v) is 7.02. The maximum Gasteiger partial charge on any atom is 0.235 e. The Balaban J connectivity index is 1.89. The molecular weight excluding hydrogens is 316 g/mol. The van der Waals surface area contributed by atoms with E-state index in [4.69, 9.17) is 0 Å². The number of nitrogens with zero attached hydrogens (tertiary/aromatic N) is 1. The van der Waals surface area contributed by atoms with Gasteiger partial charge >= 0.3 is 0 Å². The van der Waals surface area contributed by atoms with Crippen molar-refractivity contribution in [2.24, 2.45) is 0 Å². The maximum absolute atomic E-state index is 13.7. The van der Waals surface area contributed by atoms with Crippen LogP contribution in [0.5, 0.6) is 0 Å². The summed E-state index contributed by atoms with van der Waals surface area (Å²) in [4.78, 5) is 13.3. The molecule has 2 N–H and O–H groups in total. The molecular formula is C13H17F2N3O3S. The average Bonchev–Trinajstić information content (AvgIpc) is 2.84. The van der Waals surface area contributed by atoms with Crippen molar-refractivity contribution in [3.05, 3.63) is 29.8 Å². The number of carbonyl (C=O) groups is 1. The number of hydrogen-bond acceptors (Lipinski definition) is 4. The van der Waals surface area contributed by atoms with E-state index in [0.29, 0.717) is 19.5 Å². The predicted octanol–water partition coefficient (Wildman–Crippen LogP) is 0.209. The minimum atomic E-state index is -3.42. The highest BCUT2D eigenvalue weighted by atomic mass is 32.2. The first kappa shape index (κ1) is 16.6. The van der Waals surface area contributed by atoms with Gasteiger partial charge < -0.3 is 10.2 Å². The van der Waals surface area contributed by atoms with E-state index in [1.807, 2.05) is 0 Å². The van der Waals surface area contributed by atoms with Crippen LogP contribution in [0.1, 0.15) is 6.42 Å². The van der Waals surface area contributed by atoms with Crippen molar-refractivity contribution in [3.63, 3.8) is 0 Å². The number of amides is 1. The highest BCUT2D eigenvalue weighted by Gasteiger charge is 2.25. The zero-order chi connectivity index (χ0) is 16.3. The maximum atomic E-state index is 13.7. The fourth-order valence-corrected chi connectivity index (χ4v) is 2.70. The number of rotatable bonds is 5. The number of carbonyl (C=O) groups excluding carboxylic acids is 1. The molecule has 2 rings (SSSR count). The zero-order valence-electron chi connectivity index (χ0n) is 12.0. The monoisotopic (exact) mass is 333 g/mol. The van der Waals surface area contributed by atoms with Gasteiger partial charge in [0.25, 0.3) is 0 Å². The molecule has 0 radical (unpaired) electrons. The molecule has 0 spiro atoms. The Morgan fingerprint density at radius 2 is 2.14 bits per heavy atom. The molecule has 0 bridgehead atoms. The van der Waals surface area contributed by atoms with Crippen molar-refractivity contribution >= 4 is 21.6 Å². The minimum absolute atomic E-state index is 0.210. The van der Waals surface area contributed by atoms with Crippen LogP contribution in [-0.4, -0.2) is 46.3 Å². The summed E-state index contributed by atoms with van der Waals surface area (Å²) in [6.07, 6.45) is 1.57. The number of nitrogens with one attached hydrogen (secondary N) is 2. The first-order valence-corrected chi connectivity index (χ1v) is 8.58. The van der Waals surface area contributed by atoms with E-state index in [0.717, 1.165) is 12.3 Å². The molecule has 1 aliphatic rings. The van der Waals surface area contributed by atoms with Crippen molar-refractivity contribution in [1.82, 2.24) is 10.0 Å². The normalized spacial score (nSPS) is 18.5. The summed E-state index contributed by atoms with van der Waals surface area (Å²) in [5, 5.41) is 2.68. The SMILES string of the molecule is CS(=O)(=O)NCC(=O)N[C@@H]1CCN(c2ccc(F)cc2F)C1. The van der Waals surface area contributed by atoms with Crippen LogP contribution in [-0.2, 0) is 14.8 Å². The van der Waals surface area contributed by atoms with Crippen LogP contribution in [0.25, 0.3) is 0 Å². The van der Waals surface area contributed by atoms with E-state index in [9.17, 15) is 22.0 Å². The lowest BCUT2D eigenvalue weighted by Gasteiger charge is -2.19. The van der Waals surface area contributed by atoms with Gasteiger partial charge in [-0.05, 0) is 18.6 Å². The lowest BCUT2D eigenvalue weighted by atomic mass is 10.2. The van der Waals surface area contributed by atoms with E-state index in [1.54, 1.807) is 4.90 Å². The summed E-state index contributed by atoms with van der Waals surface area (Å²) >= 11 is 0. The first-order chi connectivity index (χ1) is 10.2. The van der Waals surface area contributed by atoms with Crippen LogP contribution in [0.4, 0.5) is 14.5 Å². The van der Waals surface area contributed by atoms with Gasteiger partial charge in [0.2, 0.25) is 15.9 Å². The second-order valence-electron chi connectivity index (χ2n) is 5.19. The fourth-order valence-electron chi connectivity index (χ4n) is 2.31. The molecule has 1 aliphatic heterocycles. The van der Waals surface area contributed by atoms with Gasteiger partial charge in [0.15, 0.2) is 0 Å². The Morgan fingerprint density at radius 1 is 1.41 bits per heavy atom. The van der Waals surface area contributed by atoms with E-state index in [2.05, 4.69) is 10.0 Å². The van der Waals surface area contributed by atoms with Gasteiger partial charge in [-0.2, -0.15) is 0 Å². The van der Waals surface area contributed by atoms with Crippen molar-refractivity contribution in [1.29, 1.82) is 0 Å². The summed E-state index contributed by atoms with van der Waals surface area (Å²) in [6.45, 7) is 0.570. The van der Waals surface area contributed by atoms with E-state index in [1.165, 1.54) is 12.1 Å². The molecule has 6 nitrogen and oxygen atoms in total. The van der Waals surface area contributed by atoms with Crippen molar-refractivity contribution in [2.75, 3.05) is 30.8 Å². The number of sulfonamides is 1. The van der Waals surface area contributed by atoms with Crippen molar-refractivity contribution in [3.8, 4) is 0 Å². The zero-order valence-corrected chi connectivity index (χ0v) is 12.8. The third kappa shape index (κ3) is 4.63. The lowest BCUT2D eigenvalue weighted by molar-refractivity contribution is -0.120. The first-order valence-electron chi connectivity index (χ1n) is 6.68. The molecule has 22 heavy (non-hydrogen) atoms. The van der Waals surface area contributed by atoms with Gasteiger partial charge in [0, 0.05) is 25.2 Å². The van der Waals surface area contributed by atoms with Crippen LogP contribution < -0.4 is 14.9 Å². The highest BCUT2D eigenvalue weighted by Crippen LogP contribution is 2.24. The highest BCUT2D eigenvalue weighted by molar-refractivity contribution is 7.88. The number of anilines is 1. The summed E-state index contributed by atoms with van der Waals surface area (Å²) < 4.78 is 50.5. The molecule has 1 fully saturated rings. The summed E-state index contributed by atoms with van der Waals surface area (Å²) in [7, 11) is -3.42. The molecule has 0 saturated carbocycles. The molecule has 1 amide bonds. The van der Waals surface area contributed by atoms with Gasteiger partial charge in [-0.25, -0.2) is 21.9 Å². The molecule has 1 aromatic carbocycles. The Morgan fingerprint density at radius 3 is 2.77 bits per heavy atom. The second kappa shape index (κ2) is 6.57. The Labute approximate surface area is 127 Å². The van der Waals surface area contributed by atoms with Gasteiger partial charge in [-0.15, -0.1) is 0 Å². The average molecular weight is 333 g/mol. The molecule has 0 unspecified atom stereocenters. The number of benzene rings is 1. The molecule has 0 aliphatic carbocycles. The van der Waals surface area contributed by atoms with Crippen LogP contribution >= 0.6 is 0 Å². The van der Waals surface area contributed by atoms with Crippen LogP contribution in [0.2, 0.25) is 0 Å². The molecule has 122 valence electrons. The summed E-state index contributed by atoms with van der Waals surface area (Å²) in [5.74, 6) is -1.74. The minimum Gasteiger partial charge on any atom is -0.367 e. The molecule has 1 aromatic rings. The third-order valence-corrected chi connectivity index (χ3v) is 3.97. The Kier molecular flexibility index (Phi) is 4.97. The lowest BCUT2D eigenvalue weighted by Crippen LogP contribution is -2.42. The van der Waals surface area contributed by atoms with Crippen molar-refractivity contribution < 1.29 is 22.0 Å². The number of hydrogen-bond donors (Lipinski definition) is 2. The summed E-state index contributed by atoms with van der Waals surface area (Å²) in [6, 6.07) is 3.15. The van der Waals surface area contributed by atoms with Gasteiger partial charge in [0.1, 0.15) is 11.6 Å². The Bertz CT molecular complexity index is 666. The van der Waals surface area contributed by atoms with E-state index in [-0.39, 0.29) is 18.3 Å². The predicted molar refractivity (Wildman–Crippen MR) is 78.0 cm³/mol. The Hall–Kier alpha value is -1.74. The van der Waals surface area contributed by atoms with E-state index < -0.39 is 27.6 Å². The molecule has 9 heteroatoms. The fraction of sp³-hybridized carbons (Fsp3) is 0.462. The largest absolute Gasteiger partial charge is 0.367 e.